The minimum Gasteiger partial charge on any atom is -0.347 e. The second-order valence-electron chi connectivity index (χ2n) is 5.95. The van der Waals surface area contributed by atoms with E-state index in [1.165, 1.54) is 5.56 Å². The third-order valence-corrected chi connectivity index (χ3v) is 4.00. The lowest BCUT2D eigenvalue weighted by atomic mass is 10.1. The molecule has 1 aromatic heterocycles. The highest BCUT2D eigenvalue weighted by Crippen LogP contribution is 2.27. The number of anilines is 4. The highest BCUT2D eigenvalue weighted by Gasteiger charge is 2.21. The van der Waals surface area contributed by atoms with E-state index in [4.69, 9.17) is 0 Å². The van der Waals surface area contributed by atoms with E-state index < -0.39 is 0 Å². The average Bonchev–Trinajstić information content (AvgIpc) is 3.09. The molecule has 1 atom stereocenters. The van der Waals surface area contributed by atoms with Crippen molar-refractivity contribution in [2.75, 3.05) is 16.0 Å². The highest BCUT2D eigenvalue weighted by atomic mass is 19.1. The number of fused-ring (bicyclic) bond motifs is 1. The maximum atomic E-state index is 13.0. The van der Waals surface area contributed by atoms with Crippen LogP contribution in [0.4, 0.5) is 27.5 Å². The summed E-state index contributed by atoms with van der Waals surface area (Å²) in [6.07, 6.45) is 9.92. The largest absolute Gasteiger partial charge is 0.347 e. The quantitative estimate of drug-likeness (QED) is 0.543. The molecule has 2 heterocycles. The Morgan fingerprint density at radius 3 is 2.74 bits per heavy atom. The molecular formula is C20H23FN6. The van der Waals surface area contributed by atoms with E-state index in [-0.39, 0.29) is 6.29 Å². The maximum Gasteiger partial charge on any atom is 0.229 e. The Morgan fingerprint density at radius 1 is 1.22 bits per heavy atom. The number of rotatable bonds is 7. The van der Waals surface area contributed by atoms with Gasteiger partial charge in [-0.05, 0) is 37.1 Å². The van der Waals surface area contributed by atoms with Gasteiger partial charge in [0.15, 0.2) is 12.1 Å². The maximum absolute atomic E-state index is 13.0. The van der Waals surface area contributed by atoms with Crippen molar-refractivity contribution in [2.45, 2.75) is 26.6 Å². The van der Waals surface area contributed by atoms with Crippen molar-refractivity contribution >= 4 is 23.1 Å². The van der Waals surface area contributed by atoms with Crippen LogP contribution in [0.25, 0.3) is 0 Å². The fourth-order valence-electron chi connectivity index (χ4n) is 2.56. The van der Waals surface area contributed by atoms with Crippen LogP contribution < -0.4 is 21.3 Å². The Balaban J connectivity index is 1.63. The Bertz CT molecular complexity index is 857. The molecule has 0 amide bonds. The number of halogens is 1. The van der Waals surface area contributed by atoms with E-state index in [0.717, 1.165) is 17.8 Å². The lowest BCUT2D eigenvalue weighted by Crippen LogP contribution is -2.37. The lowest BCUT2D eigenvalue weighted by Gasteiger charge is -2.15. The average molecular weight is 366 g/mol. The first-order valence-corrected chi connectivity index (χ1v) is 8.84. The molecule has 0 spiro atoms. The summed E-state index contributed by atoms with van der Waals surface area (Å²) in [6.45, 7) is 4.02. The number of nitrogens with zero attached hydrogens (tertiary/aromatic N) is 2. The minimum absolute atomic E-state index is 0.341. The van der Waals surface area contributed by atoms with Crippen LogP contribution in [-0.4, -0.2) is 16.3 Å². The summed E-state index contributed by atoms with van der Waals surface area (Å²) in [5, 5.41) is 12.5. The van der Waals surface area contributed by atoms with Crippen molar-refractivity contribution in [1.29, 1.82) is 0 Å². The zero-order chi connectivity index (χ0) is 19.1. The van der Waals surface area contributed by atoms with Gasteiger partial charge in [-0.25, -0.2) is 9.37 Å². The van der Waals surface area contributed by atoms with Crippen LogP contribution in [0, 0.1) is 0 Å². The van der Waals surface area contributed by atoms with Crippen molar-refractivity contribution in [3.05, 3.63) is 72.4 Å². The third kappa shape index (κ3) is 4.84. The zero-order valence-corrected chi connectivity index (χ0v) is 15.3. The number of hydrogen-bond donors (Lipinski definition) is 4. The molecule has 4 N–H and O–H groups in total. The van der Waals surface area contributed by atoms with Gasteiger partial charge in [-0.2, -0.15) is 4.98 Å². The SMILES string of the molecule is C\C=C/C=C\C(=C\F)NC1Nc2cnc(Nc3ccc(CC)cc3)nc2N1. The molecule has 6 nitrogen and oxygen atoms in total. The molecule has 0 saturated heterocycles. The number of hydrogen-bond acceptors (Lipinski definition) is 6. The molecule has 0 saturated carbocycles. The number of benzene rings is 1. The van der Waals surface area contributed by atoms with Crippen LogP contribution in [-0.2, 0) is 6.42 Å². The van der Waals surface area contributed by atoms with Gasteiger partial charge in [0, 0.05) is 5.69 Å². The van der Waals surface area contributed by atoms with Gasteiger partial charge < -0.3 is 21.3 Å². The standard InChI is InChI=1S/C20H23FN6/c1-3-5-6-7-16(12-21)24-20-25-17-13-22-19(26-18(17)27-20)23-15-10-8-14(4-2)9-11-15/h3,5-13,20,24-25H,4H2,1-2H3,(H2,22,23,26,27)/b5-3-,7-6-,16-12-. The fraction of sp³-hybridized carbons (Fsp3) is 0.200. The normalized spacial score (nSPS) is 16.3. The van der Waals surface area contributed by atoms with Crippen LogP contribution in [0.5, 0.6) is 0 Å². The Hall–Kier alpha value is -3.35. The first-order valence-electron chi connectivity index (χ1n) is 8.84. The molecule has 0 radical (unpaired) electrons. The Morgan fingerprint density at radius 2 is 2.04 bits per heavy atom. The molecule has 0 fully saturated rings. The Kier molecular flexibility index (Phi) is 6.04. The summed E-state index contributed by atoms with van der Waals surface area (Å²) in [6, 6.07) is 8.14. The molecule has 0 bridgehead atoms. The summed E-state index contributed by atoms with van der Waals surface area (Å²) < 4.78 is 13.0. The summed E-state index contributed by atoms with van der Waals surface area (Å²) in [5.74, 6) is 1.13. The van der Waals surface area contributed by atoms with E-state index in [0.29, 0.717) is 23.8 Å². The van der Waals surface area contributed by atoms with Crippen molar-refractivity contribution < 1.29 is 4.39 Å². The summed E-state index contributed by atoms with van der Waals surface area (Å²) in [7, 11) is 0. The molecule has 140 valence electrons. The van der Waals surface area contributed by atoms with E-state index >= 15 is 0 Å². The van der Waals surface area contributed by atoms with Crippen LogP contribution in [0.15, 0.2) is 66.8 Å². The molecule has 1 aromatic carbocycles. The van der Waals surface area contributed by atoms with Gasteiger partial charge in [-0.1, -0.05) is 37.3 Å². The van der Waals surface area contributed by atoms with Crippen molar-refractivity contribution in [1.82, 2.24) is 15.3 Å². The molecule has 1 unspecified atom stereocenters. The molecule has 27 heavy (non-hydrogen) atoms. The van der Waals surface area contributed by atoms with Crippen LogP contribution in [0.2, 0.25) is 0 Å². The van der Waals surface area contributed by atoms with Gasteiger partial charge in [-0.3, -0.25) is 0 Å². The smallest absolute Gasteiger partial charge is 0.229 e. The highest BCUT2D eigenvalue weighted by molar-refractivity contribution is 5.71. The van der Waals surface area contributed by atoms with Gasteiger partial charge in [0.05, 0.1) is 17.6 Å². The number of allylic oxidation sites excluding steroid dienone is 4. The van der Waals surface area contributed by atoms with Gasteiger partial charge in [-0.15, -0.1) is 0 Å². The summed E-state index contributed by atoms with van der Waals surface area (Å²) >= 11 is 0. The minimum atomic E-state index is -0.384. The van der Waals surface area contributed by atoms with E-state index in [2.05, 4.69) is 50.3 Å². The van der Waals surface area contributed by atoms with Crippen molar-refractivity contribution in [3.8, 4) is 0 Å². The number of aromatic nitrogens is 2. The second-order valence-corrected chi connectivity index (χ2v) is 5.95. The predicted molar refractivity (Wildman–Crippen MR) is 108 cm³/mol. The molecule has 3 rings (SSSR count). The predicted octanol–water partition coefficient (Wildman–Crippen LogP) is 4.44. The zero-order valence-electron chi connectivity index (χ0n) is 15.3. The summed E-state index contributed by atoms with van der Waals surface area (Å²) in [4.78, 5) is 8.79. The number of aryl methyl sites for hydroxylation is 1. The summed E-state index contributed by atoms with van der Waals surface area (Å²) in [5.41, 5.74) is 3.28. The van der Waals surface area contributed by atoms with Gasteiger partial charge in [0.25, 0.3) is 0 Å². The van der Waals surface area contributed by atoms with Crippen LogP contribution in [0.3, 0.4) is 0 Å². The van der Waals surface area contributed by atoms with E-state index in [1.54, 1.807) is 18.3 Å². The molecule has 7 heteroatoms. The molecule has 1 aliphatic heterocycles. The number of nitrogens with one attached hydrogen (secondary N) is 4. The van der Waals surface area contributed by atoms with Crippen LogP contribution >= 0.6 is 0 Å². The topological polar surface area (TPSA) is 73.9 Å². The van der Waals surface area contributed by atoms with Crippen LogP contribution in [0.1, 0.15) is 19.4 Å². The molecule has 1 aliphatic rings. The monoisotopic (exact) mass is 366 g/mol. The van der Waals surface area contributed by atoms with Gasteiger partial charge >= 0.3 is 0 Å². The lowest BCUT2D eigenvalue weighted by molar-refractivity contribution is 0.663. The van der Waals surface area contributed by atoms with Gasteiger partial charge in [0.1, 0.15) is 6.33 Å². The molecular weight excluding hydrogens is 343 g/mol. The van der Waals surface area contributed by atoms with E-state index in [1.807, 2.05) is 31.2 Å². The van der Waals surface area contributed by atoms with Crippen molar-refractivity contribution in [2.24, 2.45) is 0 Å². The fourth-order valence-corrected chi connectivity index (χ4v) is 2.56. The van der Waals surface area contributed by atoms with Gasteiger partial charge in [0.2, 0.25) is 5.95 Å². The third-order valence-electron chi connectivity index (χ3n) is 4.00. The van der Waals surface area contributed by atoms with E-state index in [9.17, 15) is 4.39 Å². The first kappa shape index (κ1) is 18.4. The Labute approximate surface area is 158 Å². The second kappa shape index (κ2) is 8.84. The molecule has 2 aromatic rings. The van der Waals surface area contributed by atoms with Crippen molar-refractivity contribution in [3.63, 3.8) is 0 Å². The molecule has 0 aliphatic carbocycles. The first-order chi connectivity index (χ1) is 13.2.